The fourth-order valence-corrected chi connectivity index (χ4v) is 2.99. The number of rotatable bonds is 5. The number of hydrogen-bond acceptors (Lipinski definition) is 5. The van der Waals surface area contributed by atoms with Gasteiger partial charge in [0.1, 0.15) is 17.7 Å². The Morgan fingerprint density at radius 1 is 1.35 bits per heavy atom. The lowest BCUT2D eigenvalue weighted by atomic mass is 9.93. The van der Waals surface area contributed by atoms with Crippen LogP contribution in [-0.4, -0.2) is 41.8 Å². The van der Waals surface area contributed by atoms with Gasteiger partial charge in [-0.1, -0.05) is 0 Å². The van der Waals surface area contributed by atoms with Crippen molar-refractivity contribution in [2.45, 2.75) is 18.9 Å². The summed E-state index contributed by atoms with van der Waals surface area (Å²) < 4.78 is 8.06. The summed E-state index contributed by atoms with van der Waals surface area (Å²) in [5.74, 6) is 2.39. The molecular weight excluding hydrogens is 290 g/mol. The van der Waals surface area contributed by atoms with Crippen LogP contribution in [0, 0.1) is 5.92 Å². The lowest BCUT2D eigenvalue weighted by molar-refractivity contribution is -0.0304. The van der Waals surface area contributed by atoms with E-state index in [1.54, 1.807) is 0 Å². The van der Waals surface area contributed by atoms with Gasteiger partial charge in [0.15, 0.2) is 0 Å². The van der Waals surface area contributed by atoms with Gasteiger partial charge in [-0.3, -0.25) is 0 Å². The van der Waals surface area contributed by atoms with Crippen LogP contribution in [0.1, 0.15) is 24.8 Å². The number of nitrogens with one attached hydrogen (secondary N) is 1. The van der Waals surface area contributed by atoms with Crippen LogP contribution in [0.25, 0.3) is 0 Å². The van der Waals surface area contributed by atoms with E-state index in [0.717, 1.165) is 43.3 Å². The normalized spacial score (nSPS) is 21.2. The highest BCUT2D eigenvalue weighted by Crippen LogP contribution is 2.32. The van der Waals surface area contributed by atoms with Gasteiger partial charge in [-0.25, -0.2) is 9.97 Å². The summed E-state index contributed by atoms with van der Waals surface area (Å²) in [4.78, 5) is 10.9. The van der Waals surface area contributed by atoms with Crippen LogP contribution >= 0.6 is 0 Å². The molecule has 6 heteroatoms. The van der Waals surface area contributed by atoms with Crippen LogP contribution in [0.4, 0.5) is 11.5 Å². The fraction of sp³-hybridized carbons (Fsp3) is 0.529. The number of imidazole rings is 1. The Kier molecular flexibility index (Phi) is 4.81. The first kappa shape index (κ1) is 15.8. The summed E-state index contributed by atoms with van der Waals surface area (Å²) in [6.45, 7) is 1.67. The first-order valence-corrected chi connectivity index (χ1v) is 8.11. The minimum atomic E-state index is 0.0604. The Morgan fingerprint density at radius 3 is 2.87 bits per heavy atom. The zero-order valence-corrected chi connectivity index (χ0v) is 14.1. The Labute approximate surface area is 137 Å². The highest BCUT2D eigenvalue weighted by atomic mass is 16.5. The summed E-state index contributed by atoms with van der Waals surface area (Å²) in [6, 6.07) is 4.09. The first-order chi connectivity index (χ1) is 11.1. The quantitative estimate of drug-likeness (QED) is 0.918. The molecule has 1 aliphatic rings. The maximum Gasteiger partial charge on any atom is 0.138 e. The second kappa shape index (κ2) is 7.00. The molecule has 23 heavy (non-hydrogen) atoms. The summed E-state index contributed by atoms with van der Waals surface area (Å²) in [5.41, 5.74) is 1.04. The SMILES string of the molecule is CN(C)c1ccc(NC[C@@H]2CCCO[C@H]2c2nccn2C)cn1. The lowest BCUT2D eigenvalue weighted by Crippen LogP contribution is -2.30. The van der Waals surface area contributed by atoms with Crippen molar-refractivity contribution in [2.75, 3.05) is 37.5 Å². The molecule has 0 aliphatic carbocycles. The zero-order valence-electron chi connectivity index (χ0n) is 14.1. The van der Waals surface area contributed by atoms with Crippen molar-refractivity contribution in [3.05, 3.63) is 36.5 Å². The number of aryl methyl sites for hydroxylation is 1. The smallest absolute Gasteiger partial charge is 0.138 e. The Bertz CT molecular complexity index is 622. The molecule has 1 fully saturated rings. The van der Waals surface area contributed by atoms with Gasteiger partial charge in [0.25, 0.3) is 0 Å². The van der Waals surface area contributed by atoms with Crippen molar-refractivity contribution in [3.63, 3.8) is 0 Å². The van der Waals surface area contributed by atoms with Crippen molar-refractivity contribution in [1.29, 1.82) is 0 Å². The molecule has 0 bridgehead atoms. The van der Waals surface area contributed by atoms with E-state index >= 15 is 0 Å². The van der Waals surface area contributed by atoms with Gasteiger partial charge in [0.05, 0.1) is 11.9 Å². The minimum absolute atomic E-state index is 0.0604. The van der Waals surface area contributed by atoms with Crippen LogP contribution in [0.3, 0.4) is 0 Å². The molecule has 0 aromatic carbocycles. The molecule has 2 aromatic rings. The van der Waals surface area contributed by atoms with E-state index < -0.39 is 0 Å². The third-order valence-electron chi connectivity index (χ3n) is 4.33. The van der Waals surface area contributed by atoms with E-state index in [0.29, 0.717) is 5.92 Å². The Hall–Kier alpha value is -2.08. The van der Waals surface area contributed by atoms with Crippen LogP contribution in [0.5, 0.6) is 0 Å². The molecular formula is C17H25N5O. The Balaban J connectivity index is 1.64. The van der Waals surface area contributed by atoms with Gasteiger partial charge in [-0.2, -0.15) is 0 Å². The zero-order chi connectivity index (χ0) is 16.2. The first-order valence-electron chi connectivity index (χ1n) is 8.11. The third kappa shape index (κ3) is 3.64. The van der Waals surface area contributed by atoms with Crippen LogP contribution in [0.2, 0.25) is 0 Å². The topological polar surface area (TPSA) is 55.2 Å². The molecule has 2 atom stereocenters. The largest absolute Gasteiger partial charge is 0.383 e. The molecule has 6 nitrogen and oxygen atoms in total. The number of nitrogens with zero attached hydrogens (tertiary/aromatic N) is 4. The molecule has 1 N–H and O–H groups in total. The van der Waals surface area contributed by atoms with E-state index in [-0.39, 0.29) is 6.10 Å². The van der Waals surface area contributed by atoms with E-state index in [1.165, 1.54) is 0 Å². The van der Waals surface area contributed by atoms with Crippen molar-refractivity contribution in [2.24, 2.45) is 13.0 Å². The molecule has 3 rings (SSSR count). The van der Waals surface area contributed by atoms with E-state index in [9.17, 15) is 0 Å². The third-order valence-corrected chi connectivity index (χ3v) is 4.33. The second-order valence-corrected chi connectivity index (χ2v) is 6.27. The average molecular weight is 315 g/mol. The van der Waals surface area contributed by atoms with Gasteiger partial charge in [-0.15, -0.1) is 0 Å². The second-order valence-electron chi connectivity index (χ2n) is 6.27. The predicted molar refractivity (Wildman–Crippen MR) is 91.7 cm³/mol. The highest BCUT2D eigenvalue weighted by Gasteiger charge is 2.30. The van der Waals surface area contributed by atoms with Crippen LogP contribution in [-0.2, 0) is 11.8 Å². The monoisotopic (exact) mass is 315 g/mol. The minimum Gasteiger partial charge on any atom is -0.383 e. The van der Waals surface area contributed by atoms with E-state index in [4.69, 9.17) is 4.74 Å². The lowest BCUT2D eigenvalue weighted by Gasteiger charge is -2.31. The summed E-state index contributed by atoms with van der Waals surface area (Å²) in [7, 11) is 6.01. The Morgan fingerprint density at radius 2 is 2.22 bits per heavy atom. The van der Waals surface area contributed by atoms with Gasteiger partial charge >= 0.3 is 0 Å². The standard InChI is InChI=1S/C17H25N5O/c1-21(2)15-7-6-14(12-20-15)19-11-13-5-4-10-23-16(13)17-18-8-9-22(17)3/h6-9,12-13,16,19H,4-5,10-11H2,1-3H3/t13-,16+/m0/s1. The number of aromatic nitrogens is 3. The molecule has 0 unspecified atom stereocenters. The van der Waals surface area contributed by atoms with Crippen molar-refractivity contribution in [1.82, 2.24) is 14.5 Å². The van der Waals surface area contributed by atoms with E-state index in [2.05, 4.69) is 25.9 Å². The van der Waals surface area contributed by atoms with E-state index in [1.807, 2.05) is 50.7 Å². The molecule has 0 saturated carbocycles. The molecule has 3 heterocycles. The van der Waals surface area contributed by atoms with Crippen molar-refractivity contribution < 1.29 is 4.74 Å². The summed E-state index contributed by atoms with van der Waals surface area (Å²) >= 11 is 0. The van der Waals surface area contributed by atoms with Gasteiger partial charge in [0, 0.05) is 52.6 Å². The molecule has 2 aromatic heterocycles. The van der Waals surface area contributed by atoms with Crippen molar-refractivity contribution in [3.8, 4) is 0 Å². The van der Waals surface area contributed by atoms with Crippen molar-refractivity contribution >= 4 is 11.5 Å². The predicted octanol–water partition coefficient (Wildman–Crippen LogP) is 2.46. The number of ether oxygens (including phenoxy) is 1. The van der Waals surface area contributed by atoms with Gasteiger partial charge < -0.3 is 19.5 Å². The maximum absolute atomic E-state index is 6.01. The van der Waals surface area contributed by atoms with Crippen LogP contribution in [0.15, 0.2) is 30.7 Å². The molecule has 124 valence electrons. The average Bonchev–Trinajstić information content (AvgIpc) is 2.99. The molecule has 0 radical (unpaired) electrons. The number of hydrogen-bond donors (Lipinski definition) is 1. The maximum atomic E-state index is 6.01. The molecule has 0 amide bonds. The number of anilines is 2. The highest BCUT2D eigenvalue weighted by molar-refractivity contribution is 5.47. The molecule has 1 saturated heterocycles. The summed E-state index contributed by atoms with van der Waals surface area (Å²) in [6.07, 6.45) is 8.00. The molecule has 0 spiro atoms. The van der Waals surface area contributed by atoms with Crippen LogP contribution < -0.4 is 10.2 Å². The van der Waals surface area contributed by atoms with Gasteiger partial charge in [-0.05, 0) is 25.0 Å². The fourth-order valence-electron chi connectivity index (χ4n) is 2.99. The van der Waals surface area contributed by atoms with Gasteiger partial charge in [0.2, 0.25) is 0 Å². The molecule has 1 aliphatic heterocycles. The number of pyridine rings is 1. The summed E-state index contributed by atoms with van der Waals surface area (Å²) in [5, 5.41) is 3.49.